The molecule has 1 unspecified atom stereocenters. The van der Waals surface area contributed by atoms with E-state index in [0.29, 0.717) is 12.3 Å². The van der Waals surface area contributed by atoms with Crippen LogP contribution in [-0.2, 0) is 18.9 Å². The summed E-state index contributed by atoms with van der Waals surface area (Å²) in [6.07, 6.45) is 0. The van der Waals surface area contributed by atoms with Gasteiger partial charge in [0.05, 0.1) is 0 Å². The summed E-state index contributed by atoms with van der Waals surface area (Å²) in [4.78, 5) is 36.3. The Labute approximate surface area is 112 Å². The van der Waals surface area contributed by atoms with Crippen molar-refractivity contribution in [3.05, 3.63) is 20.8 Å². The number of carboxylic acids is 1. The van der Waals surface area contributed by atoms with Gasteiger partial charge < -0.3 is 10.0 Å². The minimum absolute atomic E-state index is 0.0114. The average molecular weight is 286 g/mol. The minimum atomic E-state index is -0.995. The van der Waals surface area contributed by atoms with E-state index in [1.807, 2.05) is 0 Å². The Morgan fingerprint density at radius 3 is 2.74 bits per heavy atom. The minimum Gasteiger partial charge on any atom is -0.480 e. The van der Waals surface area contributed by atoms with Gasteiger partial charge in [0.15, 0.2) is 0 Å². The molecule has 9 heteroatoms. The number of rotatable bonds is 2. The number of carbonyl (C=O) groups is 1. The SMILES string of the molecule is Cn1nc(N2CCSCC2C(=O)O)c(=O)n(C)c1=O. The summed E-state index contributed by atoms with van der Waals surface area (Å²) < 4.78 is 1.97. The quantitative estimate of drug-likeness (QED) is 0.705. The van der Waals surface area contributed by atoms with E-state index < -0.39 is 23.3 Å². The van der Waals surface area contributed by atoms with Crippen LogP contribution in [0.1, 0.15) is 0 Å². The summed E-state index contributed by atoms with van der Waals surface area (Å²) in [6, 6.07) is -0.795. The molecule has 1 aromatic rings. The Balaban J connectivity index is 2.54. The first-order chi connectivity index (χ1) is 8.93. The monoisotopic (exact) mass is 286 g/mol. The highest BCUT2D eigenvalue weighted by atomic mass is 32.2. The maximum absolute atomic E-state index is 12.1. The van der Waals surface area contributed by atoms with Gasteiger partial charge in [0.25, 0.3) is 5.56 Å². The van der Waals surface area contributed by atoms with Gasteiger partial charge in [-0.05, 0) is 0 Å². The van der Waals surface area contributed by atoms with E-state index in [-0.39, 0.29) is 5.82 Å². The van der Waals surface area contributed by atoms with Crippen LogP contribution in [0.2, 0.25) is 0 Å². The molecule has 104 valence electrons. The molecule has 19 heavy (non-hydrogen) atoms. The molecule has 0 amide bonds. The van der Waals surface area contributed by atoms with Gasteiger partial charge in [-0.2, -0.15) is 11.8 Å². The largest absolute Gasteiger partial charge is 0.480 e. The standard InChI is InChI=1S/C10H14N4O4S/c1-12-8(15)7(11-13(2)10(12)18)14-3-4-19-5-6(14)9(16)17/h6H,3-5H2,1-2H3,(H,16,17). The van der Waals surface area contributed by atoms with Gasteiger partial charge in [-0.1, -0.05) is 0 Å². The van der Waals surface area contributed by atoms with Gasteiger partial charge in [-0.3, -0.25) is 9.36 Å². The smallest absolute Gasteiger partial charge is 0.346 e. The molecule has 1 aliphatic rings. The van der Waals surface area contributed by atoms with E-state index in [2.05, 4.69) is 5.10 Å². The number of hydrogen-bond acceptors (Lipinski definition) is 6. The van der Waals surface area contributed by atoms with Gasteiger partial charge in [-0.25, -0.2) is 14.3 Å². The summed E-state index contributed by atoms with van der Waals surface area (Å²) in [6.45, 7) is 0.419. The Morgan fingerprint density at radius 1 is 1.42 bits per heavy atom. The number of anilines is 1. The predicted molar refractivity (Wildman–Crippen MR) is 70.8 cm³/mol. The third-order valence-corrected chi connectivity index (χ3v) is 4.01. The van der Waals surface area contributed by atoms with Crippen molar-refractivity contribution in [3.63, 3.8) is 0 Å². The molecule has 0 aromatic carbocycles. The third kappa shape index (κ3) is 2.37. The Hall–Kier alpha value is -1.77. The summed E-state index contributed by atoms with van der Waals surface area (Å²) in [5.74, 6) is 0.128. The third-order valence-electron chi connectivity index (χ3n) is 2.99. The van der Waals surface area contributed by atoms with E-state index in [4.69, 9.17) is 0 Å². The van der Waals surface area contributed by atoms with Crippen molar-refractivity contribution in [2.75, 3.05) is 23.0 Å². The maximum Gasteiger partial charge on any atom is 0.346 e. The average Bonchev–Trinajstić information content (AvgIpc) is 2.40. The van der Waals surface area contributed by atoms with E-state index in [0.717, 1.165) is 15.0 Å². The van der Waals surface area contributed by atoms with Crippen LogP contribution in [0.3, 0.4) is 0 Å². The van der Waals surface area contributed by atoms with Gasteiger partial charge in [0, 0.05) is 32.1 Å². The van der Waals surface area contributed by atoms with Crippen LogP contribution in [0.5, 0.6) is 0 Å². The van der Waals surface area contributed by atoms with Crippen LogP contribution >= 0.6 is 11.8 Å². The molecule has 1 aliphatic heterocycles. The zero-order valence-corrected chi connectivity index (χ0v) is 11.4. The summed E-state index contributed by atoms with van der Waals surface area (Å²) in [5.41, 5.74) is -1.10. The van der Waals surface area contributed by atoms with E-state index in [1.165, 1.54) is 30.8 Å². The number of aliphatic carboxylic acids is 1. The molecule has 0 radical (unpaired) electrons. The molecule has 0 spiro atoms. The highest BCUT2D eigenvalue weighted by molar-refractivity contribution is 7.99. The normalized spacial score (nSPS) is 19.5. The second kappa shape index (κ2) is 5.08. The number of hydrogen-bond donors (Lipinski definition) is 1. The van der Waals surface area contributed by atoms with Crippen molar-refractivity contribution >= 4 is 23.5 Å². The second-order valence-electron chi connectivity index (χ2n) is 4.22. The molecule has 8 nitrogen and oxygen atoms in total. The number of aryl methyl sites for hydroxylation is 1. The zero-order valence-electron chi connectivity index (χ0n) is 10.6. The van der Waals surface area contributed by atoms with Crippen molar-refractivity contribution in [2.45, 2.75) is 6.04 Å². The van der Waals surface area contributed by atoms with Crippen LogP contribution in [-0.4, -0.2) is 49.5 Å². The van der Waals surface area contributed by atoms with Gasteiger partial charge in [0.1, 0.15) is 6.04 Å². The Bertz CT molecular complexity index is 623. The fraction of sp³-hybridized carbons (Fsp3) is 0.600. The molecule has 1 atom stereocenters. The number of carboxylic acid groups (broad SMARTS) is 1. The second-order valence-corrected chi connectivity index (χ2v) is 5.37. The van der Waals surface area contributed by atoms with Crippen molar-refractivity contribution in [2.24, 2.45) is 14.1 Å². The fourth-order valence-corrected chi connectivity index (χ4v) is 2.96. The summed E-state index contributed by atoms with van der Waals surface area (Å²) in [5, 5.41) is 13.1. The molecule has 0 aliphatic carbocycles. The first-order valence-corrected chi connectivity index (χ1v) is 6.80. The van der Waals surface area contributed by atoms with Crippen LogP contribution < -0.4 is 16.1 Å². The van der Waals surface area contributed by atoms with Gasteiger partial charge >= 0.3 is 11.7 Å². The molecule has 1 aromatic heterocycles. The molecule has 1 saturated heterocycles. The molecule has 1 fully saturated rings. The zero-order chi connectivity index (χ0) is 14.2. The molecule has 0 saturated carbocycles. The molecule has 2 heterocycles. The lowest BCUT2D eigenvalue weighted by Gasteiger charge is -2.32. The molecular formula is C10H14N4O4S. The lowest BCUT2D eigenvalue weighted by atomic mass is 10.2. The van der Waals surface area contributed by atoms with Crippen LogP contribution in [0.15, 0.2) is 9.59 Å². The predicted octanol–water partition coefficient (Wildman–Crippen LogP) is -1.51. The van der Waals surface area contributed by atoms with Crippen molar-refractivity contribution in [1.82, 2.24) is 14.3 Å². The van der Waals surface area contributed by atoms with Crippen LogP contribution in [0.4, 0.5) is 5.82 Å². The highest BCUT2D eigenvalue weighted by Gasteiger charge is 2.32. The molecule has 1 N–H and O–H groups in total. The van der Waals surface area contributed by atoms with E-state index in [1.54, 1.807) is 0 Å². The van der Waals surface area contributed by atoms with E-state index in [9.17, 15) is 19.5 Å². The van der Waals surface area contributed by atoms with E-state index >= 15 is 0 Å². The Morgan fingerprint density at radius 2 is 2.11 bits per heavy atom. The number of nitrogens with zero attached hydrogens (tertiary/aromatic N) is 4. The van der Waals surface area contributed by atoms with Crippen molar-refractivity contribution < 1.29 is 9.90 Å². The fourth-order valence-electron chi connectivity index (χ4n) is 1.92. The molecule has 2 rings (SSSR count). The first-order valence-electron chi connectivity index (χ1n) is 5.65. The summed E-state index contributed by atoms with van der Waals surface area (Å²) in [7, 11) is 2.78. The summed E-state index contributed by atoms with van der Waals surface area (Å²) >= 11 is 1.52. The van der Waals surface area contributed by atoms with Crippen LogP contribution in [0.25, 0.3) is 0 Å². The van der Waals surface area contributed by atoms with Crippen molar-refractivity contribution in [1.29, 1.82) is 0 Å². The molecule has 0 bridgehead atoms. The number of aromatic nitrogens is 3. The maximum atomic E-state index is 12.1. The van der Waals surface area contributed by atoms with Crippen LogP contribution in [0, 0.1) is 0 Å². The van der Waals surface area contributed by atoms with Gasteiger partial charge in [-0.15, -0.1) is 5.10 Å². The van der Waals surface area contributed by atoms with Crippen molar-refractivity contribution in [3.8, 4) is 0 Å². The highest BCUT2D eigenvalue weighted by Crippen LogP contribution is 2.19. The first kappa shape index (κ1) is 13.7. The topological polar surface area (TPSA) is 97.4 Å². The van der Waals surface area contributed by atoms with Gasteiger partial charge in [0.2, 0.25) is 5.82 Å². The lowest BCUT2D eigenvalue weighted by molar-refractivity contribution is -0.138. The Kier molecular flexibility index (Phi) is 3.65. The molecular weight excluding hydrogens is 272 g/mol. The number of thioether (sulfide) groups is 1. The lowest BCUT2D eigenvalue weighted by Crippen LogP contribution is -2.52.